The molecule has 0 saturated carbocycles. The van der Waals surface area contributed by atoms with Gasteiger partial charge < -0.3 is 19.5 Å². The van der Waals surface area contributed by atoms with Gasteiger partial charge in [0.2, 0.25) is 17.6 Å². The lowest BCUT2D eigenvalue weighted by atomic mass is 10.1. The molecule has 8 heteroatoms. The molecule has 0 radical (unpaired) electrons. The minimum Gasteiger partial charge on any atom is -0.497 e. The number of ether oxygens (including phenoxy) is 1. The van der Waals surface area contributed by atoms with E-state index in [-0.39, 0.29) is 11.8 Å². The number of anilines is 1. The number of methoxy groups -OCH3 is 1. The summed E-state index contributed by atoms with van der Waals surface area (Å²) in [5.41, 5.74) is 1.94. The smallest absolute Gasteiger partial charge is 0.253 e. The van der Waals surface area contributed by atoms with E-state index in [1.165, 1.54) is 4.90 Å². The van der Waals surface area contributed by atoms with Crippen LogP contribution in [0.25, 0.3) is 11.4 Å². The fourth-order valence-electron chi connectivity index (χ4n) is 2.83. The highest BCUT2D eigenvalue weighted by Gasteiger charge is 2.12. The van der Waals surface area contributed by atoms with Crippen molar-refractivity contribution in [3.05, 3.63) is 60.0 Å². The largest absolute Gasteiger partial charge is 0.497 e. The fraction of sp³-hybridized carbons (Fsp3) is 0.273. The Morgan fingerprint density at radius 3 is 2.60 bits per heavy atom. The maximum Gasteiger partial charge on any atom is 0.253 e. The molecule has 3 rings (SSSR count). The fourth-order valence-corrected chi connectivity index (χ4v) is 2.83. The van der Waals surface area contributed by atoms with E-state index in [4.69, 9.17) is 9.26 Å². The Kier molecular flexibility index (Phi) is 6.79. The lowest BCUT2D eigenvalue weighted by molar-refractivity contribution is -0.116. The Morgan fingerprint density at radius 1 is 1.13 bits per heavy atom. The van der Waals surface area contributed by atoms with Crippen LogP contribution in [0.5, 0.6) is 5.75 Å². The highest BCUT2D eigenvalue weighted by molar-refractivity contribution is 5.96. The van der Waals surface area contributed by atoms with Gasteiger partial charge in [-0.15, -0.1) is 0 Å². The standard InChI is InChI=1S/C22H24N4O4/c1-26(2)22(28)16-6-4-7-17(14-16)23-19(27)8-5-9-20-24-21(25-30-20)15-10-12-18(29-3)13-11-15/h4,6-7,10-14H,5,8-9H2,1-3H3,(H,23,27). The highest BCUT2D eigenvalue weighted by Crippen LogP contribution is 2.20. The van der Waals surface area contributed by atoms with E-state index in [1.807, 2.05) is 24.3 Å². The van der Waals surface area contributed by atoms with Gasteiger partial charge in [0.25, 0.3) is 5.91 Å². The van der Waals surface area contributed by atoms with Crippen LogP contribution in [-0.2, 0) is 11.2 Å². The Labute approximate surface area is 174 Å². The zero-order valence-electron chi connectivity index (χ0n) is 17.2. The molecule has 156 valence electrons. The first kappa shape index (κ1) is 21.0. The molecule has 1 heterocycles. The molecule has 0 fully saturated rings. The third kappa shape index (κ3) is 5.44. The van der Waals surface area contributed by atoms with E-state index >= 15 is 0 Å². The number of benzene rings is 2. The molecule has 0 unspecified atom stereocenters. The van der Waals surface area contributed by atoms with Crippen LogP contribution in [0.1, 0.15) is 29.1 Å². The number of nitrogens with zero attached hydrogens (tertiary/aromatic N) is 3. The van der Waals surface area contributed by atoms with E-state index in [9.17, 15) is 9.59 Å². The number of hydrogen-bond donors (Lipinski definition) is 1. The third-order valence-corrected chi connectivity index (χ3v) is 4.41. The maximum absolute atomic E-state index is 12.2. The summed E-state index contributed by atoms with van der Waals surface area (Å²) in [4.78, 5) is 30.1. The molecule has 0 bridgehead atoms. The second-order valence-electron chi connectivity index (χ2n) is 6.92. The van der Waals surface area contributed by atoms with Crippen LogP contribution in [0, 0.1) is 0 Å². The summed E-state index contributed by atoms with van der Waals surface area (Å²) in [5.74, 6) is 1.48. The minimum atomic E-state index is -0.139. The second kappa shape index (κ2) is 9.69. The van der Waals surface area contributed by atoms with Crippen LogP contribution >= 0.6 is 0 Å². The first-order valence-electron chi connectivity index (χ1n) is 9.55. The Hall–Kier alpha value is -3.68. The van der Waals surface area contributed by atoms with Crippen molar-refractivity contribution in [2.45, 2.75) is 19.3 Å². The lowest BCUT2D eigenvalue weighted by Gasteiger charge is -2.11. The summed E-state index contributed by atoms with van der Waals surface area (Å²) in [6.07, 6.45) is 1.36. The van der Waals surface area contributed by atoms with E-state index in [2.05, 4.69) is 15.5 Å². The molecule has 30 heavy (non-hydrogen) atoms. The van der Waals surface area contributed by atoms with Gasteiger partial charge in [-0.05, 0) is 48.9 Å². The molecular formula is C22H24N4O4. The van der Waals surface area contributed by atoms with Crippen LogP contribution in [0.15, 0.2) is 53.1 Å². The molecule has 1 N–H and O–H groups in total. The quantitative estimate of drug-likeness (QED) is 0.613. The van der Waals surface area contributed by atoms with Crippen LogP contribution < -0.4 is 10.1 Å². The molecule has 0 aliphatic carbocycles. The molecule has 0 atom stereocenters. The van der Waals surface area contributed by atoms with Crippen LogP contribution in [0.3, 0.4) is 0 Å². The number of nitrogens with one attached hydrogen (secondary N) is 1. The van der Waals surface area contributed by atoms with Crippen LogP contribution in [0.2, 0.25) is 0 Å². The molecular weight excluding hydrogens is 384 g/mol. The number of aryl methyl sites for hydroxylation is 1. The van der Waals surface area contributed by atoms with Crippen molar-refractivity contribution in [1.29, 1.82) is 0 Å². The van der Waals surface area contributed by atoms with Gasteiger partial charge in [0.05, 0.1) is 7.11 Å². The first-order valence-corrected chi connectivity index (χ1v) is 9.55. The van der Waals surface area contributed by atoms with Gasteiger partial charge in [-0.25, -0.2) is 0 Å². The van der Waals surface area contributed by atoms with Gasteiger partial charge in [0, 0.05) is 43.8 Å². The van der Waals surface area contributed by atoms with E-state index < -0.39 is 0 Å². The number of aromatic nitrogens is 2. The highest BCUT2D eigenvalue weighted by atomic mass is 16.5. The lowest BCUT2D eigenvalue weighted by Crippen LogP contribution is -2.21. The van der Waals surface area contributed by atoms with Gasteiger partial charge in [-0.1, -0.05) is 11.2 Å². The molecule has 2 aromatic carbocycles. The van der Waals surface area contributed by atoms with E-state index in [0.29, 0.717) is 42.2 Å². The van der Waals surface area contributed by atoms with Crippen LogP contribution in [0.4, 0.5) is 5.69 Å². The van der Waals surface area contributed by atoms with Gasteiger partial charge in [-0.3, -0.25) is 9.59 Å². The van der Waals surface area contributed by atoms with Gasteiger partial charge in [0.15, 0.2) is 0 Å². The number of hydrogen-bond acceptors (Lipinski definition) is 6. The summed E-state index contributed by atoms with van der Waals surface area (Å²) in [6, 6.07) is 14.3. The van der Waals surface area contributed by atoms with Crippen molar-refractivity contribution in [3.8, 4) is 17.1 Å². The van der Waals surface area contributed by atoms with Gasteiger partial charge >= 0.3 is 0 Å². The molecule has 0 saturated heterocycles. The van der Waals surface area contributed by atoms with E-state index in [0.717, 1.165) is 11.3 Å². The Morgan fingerprint density at radius 2 is 1.90 bits per heavy atom. The zero-order valence-corrected chi connectivity index (χ0v) is 17.2. The summed E-state index contributed by atoms with van der Waals surface area (Å²) < 4.78 is 10.4. The molecule has 0 spiro atoms. The predicted octanol–water partition coefficient (Wildman–Crippen LogP) is 3.41. The molecule has 1 aromatic heterocycles. The average molecular weight is 408 g/mol. The van der Waals surface area contributed by atoms with Crippen molar-refractivity contribution in [2.75, 3.05) is 26.5 Å². The number of amides is 2. The van der Waals surface area contributed by atoms with Crippen molar-refractivity contribution in [1.82, 2.24) is 15.0 Å². The Bertz CT molecular complexity index is 1010. The normalized spacial score (nSPS) is 10.5. The molecule has 3 aromatic rings. The molecule has 0 aliphatic heterocycles. The zero-order chi connectivity index (χ0) is 21.5. The topological polar surface area (TPSA) is 97.6 Å². The first-order chi connectivity index (χ1) is 14.5. The van der Waals surface area contributed by atoms with Crippen molar-refractivity contribution in [3.63, 3.8) is 0 Å². The van der Waals surface area contributed by atoms with Gasteiger partial charge in [0.1, 0.15) is 5.75 Å². The molecule has 2 amide bonds. The molecule has 8 nitrogen and oxygen atoms in total. The molecule has 0 aliphatic rings. The summed E-state index contributed by atoms with van der Waals surface area (Å²) in [7, 11) is 4.98. The number of rotatable bonds is 8. The predicted molar refractivity (Wildman–Crippen MR) is 112 cm³/mol. The summed E-state index contributed by atoms with van der Waals surface area (Å²) in [6.45, 7) is 0. The SMILES string of the molecule is COc1ccc(-c2noc(CCCC(=O)Nc3cccc(C(=O)N(C)C)c3)n2)cc1. The summed E-state index contributed by atoms with van der Waals surface area (Å²) >= 11 is 0. The number of carbonyl (C=O) groups is 2. The monoisotopic (exact) mass is 408 g/mol. The van der Waals surface area contributed by atoms with Crippen molar-refractivity contribution in [2.24, 2.45) is 0 Å². The van der Waals surface area contributed by atoms with Crippen molar-refractivity contribution < 1.29 is 18.8 Å². The minimum absolute atomic E-state index is 0.116. The van der Waals surface area contributed by atoms with Crippen molar-refractivity contribution >= 4 is 17.5 Å². The third-order valence-electron chi connectivity index (χ3n) is 4.41. The number of carbonyl (C=O) groups excluding carboxylic acids is 2. The van der Waals surface area contributed by atoms with Crippen LogP contribution in [-0.4, -0.2) is 48.1 Å². The average Bonchev–Trinajstić information content (AvgIpc) is 3.22. The Balaban J connectivity index is 1.50. The van der Waals surface area contributed by atoms with E-state index in [1.54, 1.807) is 45.5 Å². The second-order valence-corrected chi connectivity index (χ2v) is 6.92. The maximum atomic E-state index is 12.2. The van der Waals surface area contributed by atoms with Gasteiger partial charge in [-0.2, -0.15) is 4.98 Å². The summed E-state index contributed by atoms with van der Waals surface area (Å²) in [5, 5.41) is 6.80.